The zero-order chi connectivity index (χ0) is 17.8. The second kappa shape index (κ2) is 7.00. The molecule has 3 N–H and O–H groups in total. The van der Waals surface area contributed by atoms with E-state index in [-0.39, 0.29) is 11.5 Å². The van der Waals surface area contributed by atoms with Gasteiger partial charge in [0.2, 0.25) is 5.91 Å². The Morgan fingerprint density at radius 2 is 1.68 bits per heavy atom. The Bertz CT molecular complexity index is 903. The Kier molecular flexibility index (Phi) is 4.61. The summed E-state index contributed by atoms with van der Waals surface area (Å²) in [6.45, 7) is 1.34. The number of nitrogens with one attached hydrogen (secondary N) is 3. The van der Waals surface area contributed by atoms with Gasteiger partial charge >= 0.3 is 0 Å². The molecule has 1 aromatic heterocycles. The number of hydrogen-bond donors (Lipinski definition) is 3. The molecule has 3 rings (SSSR count). The molecule has 0 saturated carbocycles. The van der Waals surface area contributed by atoms with Crippen LogP contribution in [0.15, 0.2) is 60.8 Å². The summed E-state index contributed by atoms with van der Waals surface area (Å²) < 4.78 is 13.9. The molecule has 6 heteroatoms. The molecule has 2 amide bonds. The van der Waals surface area contributed by atoms with Crippen molar-refractivity contribution in [3.05, 3.63) is 72.2 Å². The highest BCUT2D eigenvalue weighted by atomic mass is 19.1. The Labute approximate surface area is 143 Å². The first-order valence-corrected chi connectivity index (χ1v) is 7.65. The zero-order valence-electron chi connectivity index (χ0n) is 13.5. The van der Waals surface area contributed by atoms with E-state index >= 15 is 0 Å². The van der Waals surface area contributed by atoms with Crippen molar-refractivity contribution in [2.75, 3.05) is 10.6 Å². The molecule has 0 unspecified atom stereocenters. The molecule has 0 bridgehead atoms. The molecule has 1 heterocycles. The van der Waals surface area contributed by atoms with Gasteiger partial charge in [-0.25, -0.2) is 4.39 Å². The van der Waals surface area contributed by atoms with Gasteiger partial charge in [-0.3, -0.25) is 9.59 Å². The van der Waals surface area contributed by atoms with Crippen LogP contribution in [0.1, 0.15) is 17.3 Å². The zero-order valence-corrected chi connectivity index (χ0v) is 13.5. The standard InChI is InChI=1S/C19H16FN3O2/c1-12(24)22-15-8-9-17(20)16(11-15)19(25)23-14-6-4-13(5-7-14)18-3-2-10-21-18/h2-11,21H,1H3,(H,22,24)(H,23,25). The lowest BCUT2D eigenvalue weighted by Crippen LogP contribution is -2.15. The Morgan fingerprint density at radius 1 is 0.960 bits per heavy atom. The quantitative estimate of drug-likeness (QED) is 0.672. The molecule has 2 aromatic carbocycles. The van der Waals surface area contributed by atoms with Crippen molar-refractivity contribution in [3.63, 3.8) is 0 Å². The fraction of sp³-hybridized carbons (Fsp3) is 0.0526. The Morgan fingerprint density at radius 3 is 2.32 bits per heavy atom. The van der Waals surface area contributed by atoms with Crippen molar-refractivity contribution in [1.29, 1.82) is 0 Å². The van der Waals surface area contributed by atoms with E-state index in [9.17, 15) is 14.0 Å². The van der Waals surface area contributed by atoms with Crippen LogP contribution in [0.2, 0.25) is 0 Å². The van der Waals surface area contributed by atoms with Crippen LogP contribution < -0.4 is 10.6 Å². The molecule has 5 nitrogen and oxygen atoms in total. The molecule has 0 fully saturated rings. The van der Waals surface area contributed by atoms with Crippen LogP contribution in [0.5, 0.6) is 0 Å². The van der Waals surface area contributed by atoms with Gasteiger partial charge in [-0.15, -0.1) is 0 Å². The minimum Gasteiger partial charge on any atom is -0.361 e. The van der Waals surface area contributed by atoms with Crippen molar-refractivity contribution >= 4 is 23.2 Å². The van der Waals surface area contributed by atoms with Crippen LogP contribution in [0.4, 0.5) is 15.8 Å². The maximum absolute atomic E-state index is 13.9. The summed E-state index contributed by atoms with van der Waals surface area (Å²) in [4.78, 5) is 26.5. The van der Waals surface area contributed by atoms with Crippen molar-refractivity contribution in [1.82, 2.24) is 4.98 Å². The van der Waals surface area contributed by atoms with E-state index in [1.165, 1.54) is 19.1 Å². The molecule has 3 aromatic rings. The third kappa shape index (κ3) is 3.92. The first-order chi connectivity index (χ1) is 12.0. The fourth-order valence-corrected chi connectivity index (χ4v) is 2.42. The van der Waals surface area contributed by atoms with E-state index < -0.39 is 11.7 Å². The summed E-state index contributed by atoms with van der Waals surface area (Å²) >= 11 is 0. The van der Waals surface area contributed by atoms with E-state index in [1.807, 2.05) is 30.5 Å². The Balaban J connectivity index is 1.77. The number of carbonyl (C=O) groups is 2. The van der Waals surface area contributed by atoms with Crippen LogP contribution >= 0.6 is 0 Å². The fourth-order valence-electron chi connectivity index (χ4n) is 2.42. The van der Waals surface area contributed by atoms with Crippen LogP contribution in [0.25, 0.3) is 11.3 Å². The summed E-state index contributed by atoms with van der Waals surface area (Å²) in [5, 5.41) is 5.18. The summed E-state index contributed by atoms with van der Waals surface area (Å²) in [5.74, 6) is -1.54. The van der Waals surface area contributed by atoms with Crippen molar-refractivity contribution < 1.29 is 14.0 Å². The third-order valence-electron chi connectivity index (χ3n) is 3.58. The largest absolute Gasteiger partial charge is 0.361 e. The van der Waals surface area contributed by atoms with Crippen LogP contribution in [-0.2, 0) is 4.79 Å². The second-order valence-electron chi connectivity index (χ2n) is 5.49. The van der Waals surface area contributed by atoms with Crippen LogP contribution in [-0.4, -0.2) is 16.8 Å². The summed E-state index contributed by atoms with van der Waals surface area (Å²) in [6.07, 6.45) is 1.83. The molecule has 25 heavy (non-hydrogen) atoms. The highest BCUT2D eigenvalue weighted by molar-refractivity contribution is 6.05. The van der Waals surface area contributed by atoms with E-state index in [1.54, 1.807) is 12.1 Å². The summed E-state index contributed by atoms with van der Waals surface area (Å²) in [6, 6.07) is 14.9. The molecule has 0 aliphatic heterocycles. The highest BCUT2D eigenvalue weighted by Crippen LogP contribution is 2.21. The van der Waals surface area contributed by atoms with Gasteiger partial charge in [0, 0.05) is 30.2 Å². The maximum atomic E-state index is 13.9. The van der Waals surface area contributed by atoms with Gasteiger partial charge in [-0.1, -0.05) is 12.1 Å². The molecular formula is C19H16FN3O2. The number of benzene rings is 2. The van der Waals surface area contributed by atoms with Gasteiger partial charge in [-0.2, -0.15) is 0 Å². The lowest BCUT2D eigenvalue weighted by molar-refractivity contribution is -0.114. The highest BCUT2D eigenvalue weighted by Gasteiger charge is 2.13. The minimum atomic E-state index is -0.658. The molecule has 0 spiro atoms. The first-order valence-electron chi connectivity index (χ1n) is 7.65. The number of anilines is 2. The first kappa shape index (κ1) is 16.4. The minimum absolute atomic E-state index is 0.139. The smallest absolute Gasteiger partial charge is 0.258 e. The van der Waals surface area contributed by atoms with Crippen molar-refractivity contribution in [2.45, 2.75) is 6.92 Å². The number of aromatic amines is 1. The number of amides is 2. The predicted molar refractivity (Wildman–Crippen MR) is 94.9 cm³/mol. The van der Waals surface area contributed by atoms with Gasteiger partial charge in [0.1, 0.15) is 5.82 Å². The average molecular weight is 337 g/mol. The lowest BCUT2D eigenvalue weighted by Gasteiger charge is -2.09. The van der Waals surface area contributed by atoms with Gasteiger partial charge in [0.05, 0.1) is 5.56 Å². The number of hydrogen-bond acceptors (Lipinski definition) is 2. The third-order valence-corrected chi connectivity index (χ3v) is 3.58. The second-order valence-corrected chi connectivity index (χ2v) is 5.49. The number of rotatable bonds is 4. The molecule has 0 saturated heterocycles. The number of halogens is 1. The van der Waals surface area contributed by atoms with E-state index in [4.69, 9.17) is 0 Å². The van der Waals surface area contributed by atoms with Gasteiger partial charge in [-0.05, 0) is 48.0 Å². The van der Waals surface area contributed by atoms with Crippen molar-refractivity contribution in [2.24, 2.45) is 0 Å². The molecule has 126 valence electrons. The number of H-pyrrole nitrogens is 1. The average Bonchev–Trinajstić information content (AvgIpc) is 3.11. The van der Waals surface area contributed by atoms with E-state index in [0.29, 0.717) is 11.4 Å². The predicted octanol–water partition coefficient (Wildman–Crippen LogP) is 4.03. The summed E-state index contributed by atoms with van der Waals surface area (Å²) in [5.41, 5.74) is 2.71. The lowest BCUT2D eigenvalue weighted by atomic mass is 10.1. The van der Waals surface area contributed by atoms with Gasteiger partial charge in [0.15, 0.2) is 0 Å². The van der Waals surface area contributed by atoms with Crippen molar-refractivity contribution in [3.8, 4) is 11.3 Å². The van der Waals surface area contributed by atoms with E-state index in [2.05, 4.69) is 15.6 Å². The van der Waals surface area contributed by atoms with E-state index in [0.717, 1.165) is 17.3 Å². The molecule has 0 radical (unpaired) electrons. The SMILES string of the molecule is CC(=O)Nc1ccc(F)c(C(=O)Nc2ccc(-c3ccc[nH]3)cc2)c1. The normalized spacial score (nSPS) is 10.3. The van der Waals surface area contributed by atoms with Crippen LogP contribution in [0, 0.1) is 5.82 Å². The summed E-state index contributed by atoms with van der Waals surface area (Å²) in [7, 11) is 0. The number of aromatic nitrogens is 1. The molecule has 0 aliphatic carbocycles. The topological polar surface area (TPSA) is 74.0 Å². The molecule has 0 aliphatic rings. The van der Waals surface area contributed by atoms with Crippen LogP contribution in [0.3, 0.4) is 0 Å². The Hall–Kier alpha value is -3.41. The van der Waals surface area contributed by atoms with Gasteiger partial charge in [0.25, 0.3) is 5.91 Å². The van der Waals surface area contributed by atoms with Gasteiger partial charge < -0.3 is 15.6 Å². The number of carbonyl (C=O) groups excluding carboxylic acids is 2. The monoisotopic (exact) mass is 337 g/mol. The molecular weight excluding hydrogens is 321 g/mol. The molecule has 0 atom stereocenters. The maximum Gasteiger partial charge on any atom is 0.258 e.